The van der Waals surface area contributed by atoms with Crippen molar-refractivity contribution in [2.75, 3.05) is 19.6 Å². The maximum atomic E-state index is 12.3. The third-order valence-electron chi connectivity index (χ3n) is 4.34. The number of carbonyl (C=O) groups is 1. The summed E-state index contributed by atoms with van der Waals surface area (Å²) in [6.45, 7) is 2.15. The predicted octanol–water partition coefficient (Wildman–Crippen LogP) is 1.75. The van der Waals surface area contributed by atoms with Crippen LogP contribution in [-0.2, 0) is 16.4 Å². The van der Waals surface area contributed by atoms with Gasteiger partial charge in [0.25, 0.3) is 5.91 Å². The highest BCUT2D eigenvalue weighted by Gasteiger charge is 2.18. The van der Waals surface area contributed by atoms with Gasteiger partial charge in [0.1, 0.15) is 0 Å². The summed E-state index contributed by atoms with van der Waals surface area (Å²) < 4.78 is 27.3. The Balaban J connectivity index is 1.56. The molecule has 1 aliphatic rings. The molecule has 26 heavy (non-hydrogen) atoms. The molecule has 2 aromatic rings. The second-order valence-corrected chi connectivity index (χ2v) is 9.05. The Kier molecular flexibility index (Phi) is 6.42. The number of rotatable bonds is 7. The van der Waals surface area contributed by atoms with Crippen LogP contribution in [0.3, 0.4) is 0 Å². The number of hydrogen-bond acceptors (Lipinski definition) is 5. The first-order valence-electron chi connectivity index (χ1n) is 8.68. The van der Waals surface area contributed by atoms with Crippen molar-refractivity contribution in [3.8, 4) is 0 Å². The SMILES string of the molecule is O=C(NC1CCNCC1)c1ccc(S(=O)(=O)NCCc2cccs2)cc1. The fraction of sp³-hybridized carbons (Fsp3) is 0.389. The molecule has 1 saturated heterocycles. The van der Waals surface area contributed by atoms with Gasteiger partial charge in [-0.1, -0.05) is 6.07 Å². The minimum absolute atomic E-state index is 0.161. The number of benzene rings is 1. The Morgan fingerprint density at radius 3 is 2.54 bits per heavy atom. The van der Waals surface area contributed by atoms with Crippen molar-refractivity contribution in [3.05, 3.63) is 52.2 Å². The van der Waals surface area contributed by atoms with E-state index < -0.39 is 10.0 Å². The molecule has 8 heteroatoms. The van der Waals surface area contributed by atoms with Crippen LogP contribution in [0.2, 0.25) is 0 Å². The molecular weight excluding hydrogens is 370 g/mol. The van der Waals surface area contributed by atoms with Gasteiger partial charge in [0.2, 0.25) is 10.0 Å². The lowest BCUT2D eigenvalue weighted by Crippen LogP contribution is -2.42. The van der Waals surface area contributed by atoms with Gasteiger partial charge in [-0.05, 0) is 68.1 Å². The largest absolute Gasteiger partial charge is 0.349 e. The van der Waals surface area contributed by atoms with Crippen molar-refractivity contribution in [1.82, 2.24) is 15.4 Å². The molecule has 0 radical (unpaired) electrons. The number of nitrogens with one attached hydrogen (secondary N) is 3. The summed E-state index contributed by atoms with van der Waals surface area (Å²) in [5.74, 6) is -0.161. The second kappa shape index (κ2) is 8.77. The van der Waals surface area contributed by atoms with Gasteiger partial charge >= 0.3 is 0 Å². The first-order chi connectivity index (χ1) is 12.5. The van der Waals surface area contributed by atoms with Crippen molar-refractivity contribution >= 4 is 27.3 Å². The zero-order chi connectivity index (χ0) is 18.4. The van der Waals surface area contributed by atoms with Crippen molar-refractivity contribution in [1.29, 1.82) is 0 Å². The topological polar surface area (TPSA) is 87.3 Å². The van der Waals surface area contributed by atoms with E-state index in [0.29, 0.717) is 18.5 Å². The van der Waals surface area contributed by atoms with Crippen molar-refractivity contribution < 1.29 is 13.2 Å². The fourth-order valence-electron chi connectivity index (χ4n) is 2.87. The van der Waals surface area contributed by atoms with E-state index >= 15 is 0 Å². The van der Waals surface area contributed by atoms with Gasteiger partial charge in [0.15, 0.2) is 0 Å². The minimum atomic E-state index is -3.57. The Morgan fingerprint density at radius 2 is 1.88 bits per heavy atom. The molecule has 1 aromatic carbocycles. The van der Waals surface area contributed by atoms with E-state index in [1.807, 2.05) is 17.5 Å². The van der Waals surface area contributed by atoms with E-state index in [1.54, 1.807) is 23.5 Å². The van der Waals surface area contributed by atoms with Crippen LogP contribution in [-0.4, -0.2) is 40.0 Å². The number of thiophene rings is 1. The average Bonchev–Trinajstić information content (AvgIpc) is 3.16. The summed E-state index contributed by atoms with van der Waals surface area (Å²) in [7, 11) is -3.57. The highest BCUT2D eigenvalue weighted by atomic mass is 32.2. The van der Waals surface area contributed by atoms with E-state index in [4.69, 9.17) is 0 Å². The highest BCUT2D eigenvalue weighted by Crippen LogP contribution is 2.13. The van der Waals surface area contributed by atoms with Crippen LogP contribution in [0.5, 0.6) is 0 Å². The molecule has 0 aliphatic carbocycles. The molecule has 0 saturated carbocycles. The normalized spacial score (nSPS) is 15.7. The van der Waals surface area contributed by atoms with Crippen LogP contribution in [0.15, 0.2) is 46.7 Å². The molecule has 1 fully saturated rings. The maximum Gasteiger partial charge on any atom is 0.251 e. The summed E-state index contributed by atoms with van der Waals surface area (Å²) in [6.07, 6.45) is 2.48. The van der Waals surface area contributed by atoms with Crippen molar-refractivity contribution in [2.45, 2.75) is 30.2 Å². The Morgan fingerprint density at radius 1 is 1.15 bits per heavy atom. The van der Waals surface area contributed by atoms with E-state index in [0.717, 1.165) is 30.8 Å². The van der Waals surface area contributed by atoms with Crippen LogP contribution in [0, 0.1) is 0 Å². The highest BCUT2D eigenvalue weighted by molar-refractivity contribution is 7.89. The van der Waals surface area contributed by atoms with E-state index in [1.165, 1.54) is 12.1 Å². The molecule has 2 heterocycles. The zero-order valence-corrected chi connectivity index (χ0v) is 16.0. The minimum Gasteiger partial charge on any atom is -0.349 e. The zero-order valence-electron chi connectivity index (χ0n) is 14.4. The van der Waals surface area contributed by atoms with Gasteiger partial charge in [0, 0.05) is 23.0 Å². The van der Waals surface area contributed by atoms with Gasteiger partial charge in [-0.3, -0.25) is 4.79 Å². The summed E-state index contributed by atoms with van der Waals surface area (Å²) >= 11 is 1.61. The smallest absolute Gasteiger partial charge is 0.251 e. The molecule has 1 aromatic heterocycles. The van der Waals surface area contributed by atoms with E-state index in [9.17, 15) is 13.2 Å². The standard InChI is InChI=1S/C18H23N3O3S2/c22-18(21-15-7-10-19-11-8-15)14-3-5-17(6-4-14)26(23,24)20-12-9-16-2-1-13-25-16/h1-6,13,15,19-20H,7-12H2,(H,21,22). The lowest BCUT2D eigenvalue weighted by Gasteiger charge is -2.23. The molecule has 3 rings (SSSR count). The van der Waals surface area contributed by atoms with Gasteiger partial charge in [-0.15, -0.1) is 11.3 Å². The fourth-order valence-corrected chi connectivity index (χ4v) is 4.61. The predicted molar refractivity (Wildman–Crippen MR) is 103 cm³/mol. The summed E-state index contributed by atoms with van der Waals surface area (Å²) in [4.78, 5) is 13.6. The molecule has 0 unspecified atom stereocenters. The summed E-state index contributed by atoms with van der Waals surface area (Å²) in [5.41, 5.74) is 0.473. The Hall–Kier alpha value is -1.74. The third-order valence-corrected chi connectivity index (χ3v) is 6.76. The first kappa shape index (κ1) is 19.0. The Bertz CT molecular complexity index is 812. The van der Waals surface area contributed by atoms with Crippen LogP contribution in [0.1, 0.15) is 28.1 Å². The number of amides is 1. The molecule has 0 spiro atoms. The van der Waals surface area contributed by atoms with Crippen molar-refractivity contribution in [2.24, 2.45) is 0 Å². The number of sulfonamides is 1. The molecule has 1 aliphatic heterocycles. The Labute approximate surface area is 158 Å². The summed E-state index contributed by atoms with van der Waals surface area (Å²) in [6, 6.07) is 10.2. The van der Waals surface area contributed by atoms with Gasteiger partial charge < -0.3 is 10.6 Å². The summed E-state index contributed by atoms with van der Waals surface area (Å²) in [5, 5.41) is 8.22. The van der Waals surface area contributed by atoms with Crippen LogP contribution < -0.4 is 15.4 Å². The van der Waals surface area contributed by atoms with E-state index in [2.05, 4.69) is 15.4 Å². The number of piperidine rings is 1. The molecule has 0 bridgehead atoms. The number of carbonyl (C=O) groups excluding carboxylic acids is 1. The molecule has 0 atom stereocenters. The van der Waals surface area contributed by atoms with Gasteiger partial charge in [-0.25, -0.2) is 13.1 Å². The average molecular weight is 394 g/mol. The molecule has 1 amide bonds. The molecular formula is C18H23N3O3S2. The monoisotopic (exact) mass is 393 g/mol. The second-order valence-electron chi connectivity index (χ2n) is 6.25. The van der Waals surface area contributed by atoms with Crippen molar-refractivity contribution in [3.63, 3.8) is 0 Å². The maximum absolute atomic E-state index is 12.3. The van der Waals surface area contributed by atoms with Gasteiger partial charge in [-0.2, -0.15) is 0 Å². The van der Waals surface area contributed by atoms with Crippen LogP contribution >= 0.6 is 11.3 Å². The third kappa shape index (κ3) is 5.14. The van der Waals surface area contributed by atoms with Crippen LogP contribution in [0.25, 0.3) is 0 Å². The first-order valence-corrected chi connectivity index (χ1v) is 11.0. The lowest BCUT2D eigenvalue weighted by atomic mass is 10.1. The number of hydrogen-bond donors (Lipinski definition) is 3. The van der Waals surface area contributed by atoms with E-state index in [-0.39, 0.29) is 16.8 Å². The van der Waals surface area contributed by atoms with Gasteiger partial charge in [0.05, 0.1) is 4.90 Å². The lowest BCUT2D eigenvalue weighted by molar-refractivity contribution is 0.0929. The molecule has 6 nitrogen and oxygen atoms in total. The molecule has 3 N–H and O–H groups in total. The quantitative estimate of drug-likeness (QED) is 0.669. The molecule has 140 valence electrons. The van der Waals surface area contributed by atoms with Crippen LogP contribution in [0.4, 0.5) is 0 Å².